The van der Waals surface area contributed by atoms with Crippen LogP contribution in [0.15, 0.2) is 12.1 Å². The highest BCUT2D eigenvalue weighted by Gasteiger charge is 2.21. The van der Waals surface area contributed by atoms with E-state index in [0.717, 1.165) is 18.1 Å². The number of hydrogen-bond acceptors (Lipinski definition) is 1. The molecule has 0 bridgehead atoms. The summed E-state index contributed by atoms with van der Waals surface area (Å²) in [6.07, 6.45) is 3.75. The summed E-state index contributed by atoms with van der Waals surface area (Å²) >= 11 is 10.1. The quantitative estimate of drug-likeness (QED) is 0.716. The van der Waals surface area contributed by atoms with Crippen molar-refractivity contribution in [2.75, 3.05) is 6.61 Å². The summed E-state index contributed by atoms with van der Waals surface area (Å²) in [4.78, 5) is 0.289. The van der Waals surface area contributed by atoms with Crippen LogP contribution < -0.4 is 0 Å². The first-order valence-electron chi connectivity index (χ1n) is 6.10. The average molecular weight is 318 g/mol. The van der Waals surface area contributed by atoms with E-state index >= 15 is 0 Å². The third kappa shape index (κ3) is 3.24. The Kier molecular flexibility index (Phi) is 4.51. The number of hydrogen-bond donors (Lipinski definition) is 0. The van der Waals surface area contributed by atoms with Crippen LogP contribution in [0.3, 0.4) is 0 Å². The highest BCUT2D eigenvalue weighted by Crippen LogP contribution is 2.36. The van der Waals surface area contributed by atoms with E-state index in [2.05, 4.69) is 41.9 Å². The smallest absolute Gasteiger partial charge is 0.0589 e. The van der Waals surface area contributed by atoms with Crippen LogP contribution in [-0.4, -0.2) is 12.7 Å². The molecule has 1 aliphatic heterocycles. The molecule has 1 aromatic rings. The van der Waals surface area contributed by atoms with Crippen LogP contribution in [0.4, 0.5) is 0 Å². The summed E-state index contributed by atoms with van der Waals surface area (Å²) < 4.78 is 5.67. The molecular weight excluding hydrogens is 300 g/mol. The van der Waals surface area contributed by atoms with E-state index in [1.807, 2.05) is 0 Å². The molecule has 1 nitrogen and oxygen atoms in total. The molecule has 17 heavy (non-hydrogen) atoms. The van der Waals surface area contributed by atoms with Gasteiger partial charge in [0.15, 0.2) is 0 Å². The van der Waals surface area contributed by atoms with Crippen LogP contribution in [0.2, 0.25) is 5.02 Å². The van der Waals surface area contributed by atoms with Crippen LogP contribution in [0.25, 0.3) is 0 Å². The van der Waals surface area contributed by atoms with Gasteiger partial charge in [0.25, 0.3) is 0 Å². The summed E-state index contributed by atoms with van der Waals surface area (Å²) in [5, 5.41) is 0.855. The summed E-state index contributed by atoms with van der Waals surface area (Å²) in [5.41, 5.74) is 3.72. The Morgan fingerprint density at radius 2 is 2.12 bits per heavy atom. The fourth-order valence-electron chi connectivity index (χ4n) is 2.23. The van der Waals surface area contributed by atoms with Gasteiger partial charge >= 0.3 is 0 Å². The van der Waals surface area contributed by atoms with Gasteiger partial charge in [-0.2, -0.15) is 0 Å². The normalized spacial score (nSPS) is 21.8. The van der Waals surface area contributed by atoms with E-state index < -0.39 is 0 Å². The van der Waals surface area contributed by atoms with Gasteiger partial charge in [0, 0.05) is 16.5 Å². The van der Waals surface area contributed by atoms with E-state index in [9.17, 15) is 0 Å². The summed E-state index contributed by atoms with van der Waals surface area (Å²) in [6.45, 7) is 5.13. The summed E-state index contributed by atoms with van der Waals surface area (Å²) in [7, 11) is 0. The van der Waals surface area contributed by atoms with Crippen LogP contribution in [-0.2, 0) is 4.74 Å². The lowest BCUT2D eigenvalue weighted by molar-refractivity contribution is 0.104. The van der Waals surface area contributed by atoms with Gasteiger partial charge < -0.3 is 4.74 Å². The third-order valence-electron chi connectivity index (χ3n) is 3.44. The molecule has 0 amide bonds. The van der Waals surface area contributed by atoms with Crippen LogP contribution in [0, 0.1) is 13.8 Å². The Hall–Kier alpha value is -0.0500. The minimum atomic E-state index is 0.289. The second-order valence-electron chi connectivity index (χ2n) is 4.80. The average Bonchev–Trinajstić information content (AvgIpc) is 2.76. The lowest BCUT2D eigenvalue weighted by Gasteiger charge is -2.17. The molecule has 0 aromatic heterocycles. The molecule has 2 atom stereocenters. The molecule has 1 saturated heterocycles. The SMILES string of the molecule is Cc1cc(Cl)c(C(Br)CC2CCCO2)cc1C. The molecule has 1 heterocycles. The van der Waals surface area contributed by atoms with Crippen molar-refractivity contribution in [3.8, 4) is 0 Å². The van der Waals surface area contributed by atoms with Crippen molar-refractivity contribution in [1.29, 1.82) is 0 Å². The highest BCUT2D eigenvalue weighted by molar-refractivity contribution is 9.09. The fraction of sp³-hybridized carbons (Fsp3) is 0.571. The van der Waals surface area contributed by atoms with Gasteiger partial charge in [-0.3, -0.25) is 0 Å². The fourth-order valence-corrected chi connectivity index (χ4v) is 3.51. The molecule has 2 unspecified atom stereocenters. The molecule has 94 valence electrons. The molecule has 0 aliphatic carbocycles. The molecule has 0 saturated carbocycles. The predicted octanol–water partition coefficient (Wildman–Crippen LogP) is 4.96. The molecule has 0 radical (unpaired) electrons. The molecule has 1 aliphatic rings. The highest BCUT2D eigenvalue weighted by atomic mass is 79.9. The van der Waals surface area contributed by atoms with Gasteiger partial charge in [-0.05, 0) is 55.9 Å². The topological polar surface area (TPSA) is 9.23 Å². The number of benzene rings is 1. The molecular formula is C14H18BrClO. The van der Waals surface area contributed by atoms with Crippen LogP contribution >= 0.6 is 27.5 Å². The largest absolute Gasteiger partial charge is 0.378 e. The maximum Gasteiger partial charge on any atom is 0.0589 e. The van der Waals surface area contributed by atoms with Gasteiger partial charge in [0.2, 0.25) is 0 Å². The maximum atomic E-state index is 6.31. The standard InChI is InChI=1S/C14H18BrClO/c1-9-6-12(14(16)7-10(9)2)13(15)8-11-4-3-5-17-11/h6-7,11,13H,3-5,8H2,1-2H3. The van der Waals surface area contributed by atoms with Crippen molar-refractivity contribution in [1.82, 2.24) is 0 Å². The van der Waals surface area contributed by atoms with Gasteiger partial charge in [0.1, 0.15) is 0 Å². The molecule has 0 N–H and O–H groups in total. The van der Waals surface area contributed by atoms with E-state index in [4.69, 9.17) is 16.3 Å². The van der Waals surface area contributed by atoms with Gasteiger partial charge in [-0.15, -0.1) is 0 Å². The monoisotopic (exact) mass is 316 g/mol. The maximum absolute atomic E-state index is 6.31. The number of alkyl halides is 1. The zero-order chi connectivity index (χ0) is 12.4. The molecule has 2 rings (SSSR count). The zero-order valence-electron chi connectivity index (χ0n) is 10.3. The third-order valence-corrected chi connectivity index (χ3v) is 4.64. The Balaban J connectivity index is 2.12. The summed E-state index contributed by atoms with van der Waals surface area (Å²) in [5.74, 6) is 0. The lowest BCUT2D eigenvalue weighted by atomic mass is 10.0. The van der Waals surface area contributed by atoms with Crippen molar-refractivity contribution in [2.24, 2.45) is 0 Å². The molecule has 1 aromatic carbocycles. The van der Waals surface area contributed by atoms with Crippen molar-refractivity contribution in [3.63, 3.8) is 0 Å². The zero-order valence-corrected chi connectivity index (χ0v) is 12.6. The van der Waals surface area contributed by atoms with E-state index in [0.29, 0.717) is 6.10 Å². The van der Waals surface area contributed by atoms with Crippen LogP contribution in [0.1, 0.15) is 40.8 Å². The lowest BCUT2D eigenvalue weighted by Crippen LogP contribution is -2.08. The van der Waals surface area contributed by atoms with Crippen LogP contribution in [0.5, 0.6) is 0 Å². The Morgan fingerprint density at radius 1 is 1.41 bits per heavy atom. The van der Waals surface area contributed by atoms with Crippen molar-refractivity contribution >= 4 is 27.5 Å². The second kappa shape index (κ2) is 5.73. The number of rotatable bonds is 3. The minimum absolute atomic E-state index is 0.289. The van der Waals surface area contributed by atoms with Crippen molar-refractivity contribution in [2.45, 2.75) is 44.0 Å². The van der Waals surface area contributed by atoms with Gasteiger partial charge in [-0.25, -0.2) is 0 Å². The number of ether oxygens (including phenoxy) is 1. The Morgan fingerprint density at radius 3 is 2.76 bits per heavy atom. The van der Waals surface area contributed by atoms with E-state index in [1.54, 1.807) is 0 Å². The second-order valence-corrected chi connectivity index (χ2v) is 6.31. The van der Waals surface area contributed by atoms with Gasteiger partial charge in [-0.1, -0.05) is 33.6 Å². The van der Waals surface area contributed by atoms with Crippen molar-refractivity contribution < 1.29 is 4.74 Å². The van der Waals surface area contributed by atoms with Crippen molar-refractivity contribution in [3.05, 3.63) is 33.8 Å². The van der Waals surface area contributed by atoms with E-state index in [-0.39, 0.29) is 4.83 Å². The number of aryl methyl sites for hydroxylation is 2. The minimum Gasteiger partial charge on any atom is -0.378 e. The molecule has 3 heteroatoms. The molecule has 0 spiro atoms. The Bertz CT molecular complexity index is 399. The molecule has 1 fully saturated rings. The van der Waals surface area contributed by atoms with Gasteiger partial charge in [0.05, 0.1) is 6.10 Å². The number of halogens is 2. The first kappa shape index (κ1) is 13.4. The van der Waals surface area contributed by atoms with E-state index in [1.165, 1.54) is 29.5 Å². The summed E-state index contributed by atoms with van der Waals surface area (Å²) in [6, 6.07) is 4.24. The first-order valence-corrected chi connectivity index (χ1v) is 7.39. The predicted molar refractivity (Wildman–Crippen MR) is 76.2 cm³/mol. The first-order chi connectivity index (χ1) is 8.08. The Labute approximate surface area is 117 Å².